The van der Waals surface area contributed by atoms with Crippen molar-refractivity contribution in [2.24, 2.45) is 5.92 Å². The second kappa shape index (κ2) is 9.55. The van der Waals surface area contributed by atoms with Gasteiger partial charge in [0.25, 0.3) is 0 Å². The van der Waals surface area contributed by atoms with Gasteiger partial charge < -0.3 is 10.2 Å². The highest BCUT2D eigenvalue weighted by Gasteiger charge is 2.34. The lowest BCUT2D eigenvalue weighted by Crippen LogP contribution is -2.39. The molecule has 3 heterocycles. The van der Waals surface area contributed by atoms with Crippen molar-refractivity contribution in [3.63, 3.8) is 0 Å². The van der Waals surface area contributed by atoms with E-state index in [4.69, 9.17) is 0 Å². The third-order valence-electron chi connectivity index (χ3n) is 6.02. The Morgan fingerprint density at radius 3 is 2.66 bits per heavy atom. The minimum absolute atomic E-state index is 0.0151. The lowest BCUT2D eigenvalue weighted by Gasteiger charge is -2.27. The fraction of sp³-hybridized carbons (Fsp3) is 0.478. The van der Waals surface area contributed by atoms with Crippen LogP contribution in [0.4, 0.5) is 0 Å². The first-order chi connectivity index (χ1) is 14.2. The topological polar surface area (TPSA) is 52.7 Å². The molecule has 5 nitrogen and oxygen atoms in total. The SMILES string of the molecule is O=C(NCC(c1cccs1)N1CCCC1)C1CC(=O)N(CCc2ccccc2)C1. The van der Waals surface area contributed by atoms with E-state index < -0.39 is 0 Å². The molecule has 2 unspecified atom stereocenters. The van der Waals surface area contributed by atoms with E-state index in [2.05, 4.69) is 39.9 Å². The largest absolute Gasteiger partial charge is 0.354 e. The fourth-order valence-electron chi connectivity index (χ4n) is 4.36. The van der Waals surface area contributed by atoms with Crippen molar-refractivity contribution >= 4 is 23.2 Å². The first-order valence-corrected chi connectivity index (χ1v) is 11.5. The van der Waals surface area contributed by atoms with Crippen LogP contribution in [0.1, 0.15) is 35.7 Å². The summed E-state index contributed by atoms with van der Waals surface area (Å²) < 4.78 is 0. The molecule has 2 aliphatic rings. The maximum atomic E-state index is 12.8. The van der Waals surface area contributed by atoms with E-state index in [0.29, 0.717) is 26.1 Å². The predicted molar refractivity (Wildman–Crippen MR) is 116 cm³/mol. The van der Waals surface area contributed by atoms with E-state index in [1.54, 1.807) is 11.3 Å². The Labute approximate surface area is 176 Å². The number of rotatable bonds is 8. The van der Waals surface area contributed by atoms with Crippen LogP contribution in [0.15, 0.2) is 47.8 Å². The van der Waals surface area contributed by atoms with Crippen LogP contribution in [0, 0.1) is 5.92 Å². The lowest BCUT2D eigenvalue weighted by molar-refractivity contribution is -0.129. The lowest BCUT2D eigenvalue weighted by atomic mass is 10.1. The molecule has 4 rings (SSSR count). The average Bonchev–Trinajstić information content (AvgIpc) is 3.50. The molecule has 2 aromatic rings. The van der Waals surface area contributed by atoms with Crippen LogP contribution in [0.5, 0.6) is 0 Å². The Morgan fingerprint density at radius 1 is 1.14 bits per heavy atom. The number of hydrogen-bond donors (Lipinski definition) is 1. The fourth-order valence-corrected chi connectivity index (χ4v) is 5.22. The molecule has 2 atom stereocenters. The second-order valence-electron chi connectivity index (χ2n) is 8.00. The summed E-state index contributed by atoms with van der Waals surface area (Å²) in [4.78, 5) is 30.8. The van der Waals surface area contributed by atoms with E-state index in [9.17, 15) is 9.59 Å². The number of nitrogens with zero attached hydrogens (tertiary/aromatic N) is 2. The van der Waals surface area contributed by atoms with E-state index in [1.165, 1.54) is 23.3 Å². The van der Waals surface area contributed by atoms with Crippen LogP contribution >= 0.6 is 11.3 Å². The molecule has 0 aliphatic carbocycles. The zero-order valence-corrected chi connectivity index (χ0v) is 17.6. The van der Waals surface area contributed by atoms with Gasteiger partial charge in [-0.1, -0.05) is 36.4 Å². The number of benzene rings is 1. The minimum Gasteiger partial charge on any atom is -0.354 e. The van der Waals surface area contributed by atoms with E-state index in [-0.39, 0.29) is 23.8 Å². The van der Waals surface area contributed by atoms with Crippen molar-refractivity contribution in [3.05, 3.63) is 58.3 Å². The molecule has 1 aromatic heterocycles. The zero-order chi connectivity index (χ0) is 20.1. The number of hydrogen-bond acceptors (Lipinski definition) is 4. The van der Waals surface area contributed by atoms with Gasteiger partial charge >= 0.3 is 0 Å². The van der Waals surface area contributed by atoms with Crippen molar-refractivity contribution < 1.29 is 9.59 Å². The highest BCUT2D eigenvalue weighted by molar-refractivity contribution is 7.10. The van der Waals surface area contributed by atoms with Crippen molar-refractivity contribution in [2.45, 2.75) is 31.7 Å². The van der Waals surface area contributed by atoms with Gasteiger partial charge in [-0.25, -0.2) is 0 Å². The zero-order valence-electron chi connectivity index (χ0n) is 16.8. The van der Waals surface area contributed by atoms with Gasteiger partial charge in [0, 0.05) is 30.9 Å². The third kappa shape index (κ3) is 5.06. The first kappa shape index (κ1) is 20.1. The minimum atomic E-state index is -0.235. The average molecular weight is 412 g/mol. The summed E-state index contributed by atoms with van der Waals surface area (Å²) >= 11 is 1.75. The normalized spacial score (nSPS) is 20.9. The molecule has 2 amide bonds. The van der Waals surface area contributed by atoms with Crippen molar-refractivity contribution in [2.75, 3.05) is 32.7 Å². The van der Waals surface area contributed by atoms with Crippen molar-refractivity contribution in [1.82, 2.24) is 15.1 Å². The van der Waals surface area contributed by atoms with Gasteiger partial charge in [-0.15, -0.1) is 11.3 Å². The maximum absolute atomic E-state index is 12.8. The van der Waals surface area contributed by atoms with Crippen molar-refractivity contribution in [1.29, 1.82) is 0 Å². The highest BCUT2D eigenvalue weighted by Crippen LogP contribution is 2.28. The quantitative estimate of drug-likeness (QED) is 0.726. The maximum Gasteiger partial charge on any atom is 0.225 e. The molecule has 0 saturated carbocycles. The van der Waals surface area contributed by atoms with Crippen LogP contribution in [-0.4, -0.2) is 54.3 Å². The molecule has 29 heavy (non-hydrogen) atoms. The van der Waals surface area contributed by atoms with Crippen LogP contribution in [0.3, 0.4) is 0 Å². The first-order valence-electron chi connectivity index (χ1n) is 10.6. The number of likely N-dealkylation sites (tertiary alicyclic amines) is 2. The summed E-state index contributed by atoms with van der Waals surface area (Å²) in [6, 6.07) is 14.7. The second-order valence-corrected chi connectivity index (χ2v) is 8.98. The molecule has 2 fully saturated rings. The molecule has 2 saturated heterocycles. The van der Waals surface area contributed by atoms with Crippen LogP contribution in [0.25, 0.3) is 0 Å². The number of amides is 2. The molecule has 6 heteroatoms. The number of carbonyl (C=O) groups is 2. The summed E-state index contributed by atoms with van der Waals surface area (Å²) in [5.41, 5.74) is 1.22. The number of carbonyl (C=O) groups excluding carboxylic acids is 2. The molecule has 0 bridgehead atoms. The monoisotopic (exact) mass is 411 g/mol. The number of thiophene rings is 1. The van der Waals surface area contributed by atoms with Crippen LogP contribution in [-0.2, 0) is 16.0 Å². The Bertz CT molecular complexity index is 803. The molecular weight excluding hydrogens is 382 g/mol. The van der Waals surface area contributed by atoms with Gasteiger partial charge in [0.1, 0.15) is 0 Å². The van der Waals surface area contributed by atoms with Gasteiger partial charge in [-0.2, -0.15) is 0 Å². The molecule has 0 spiro atoms. The molecule has 1 aromatic carbocycles. The molecule has 1 N–H and O–H groups in total. The smallest absolute Gasteiger partial charge is 0.225 e. The van der Waals surface area contributed by atoms with Gasteiger partial charge in [-0.3, -0.25) is 14.5 Å². The summed E-state index contributed by atoms with van der Waals surface area (Å²) in [5, 5.41) is 5.25. The Balaban J connectivity index is 1.29. The van der Waals surface area contributed by atoms with Gasteiger partial charge in [0.15, 0.2) is 0 Å². The van der Waals surface area contributed by atoms with E-state index >= 15 is 0 Å². The summed E-state index contributed by atoms with van der Waals surface area (Å²) in [6.07, 6.45) is 3.61. The highest BCUT2D eigenvalue weighted by atomic mass is 32.1. The summed E-state index contributed by atoms with van der Waals surface area (Å²) in [5.74, 6) is -0.127. The Hall–Kier alpha value is -2.18. The van der Waals surface area contributed by atoms with Gasteiger partial charge in [-0.05, 0) is 49.4 Å². The predicted octanol–water partition coefficient (Wildman–Crippen LogP) is 3.09. The van der Waals surface area contributed by atoms with E-state index in [0.717, 1.165) is 19.5 Å². The van der Waals surface area contributed by atoms with Gasteiger partial charge in [0.2, 0.25) is 11.8 Å². The summed E-state index contributed by atoms with van der Waals surface area (Å²) in [7, 11) is 0. The Kier molecular flexibility index (Phi) is 6.62. The molecule has 0 radical (unpaired) electrons. The Morgan fingerprint density at radius 2 is 1.93 bits per heavy atom. The molecule has 154 valence electrons. The standard InChI is InChI=1S/C23H29N3O2S/c27-22-15-19(17-26(22)13-10-18-7-2-1-3-8-18)23(28)24-16-20(21-9-6-14-29-21)25-11-4-5-12-25/h1-3,6-9,14,19-20H,4-5,10-13,15-17H2,(H,24,28). The van der Waals surface area contributed by atoms with Crippen molar-refractivity contribution in [3.8, 4) is 0 Å². The van der Waals surface area contributed by atoms with Crippen LogP contribution < -0.4 is 5.32 Å². The molecule has 2 aliphatic heterocycles. The summed E-state index contributed by atoms with van der Waals surface area (Å²) in [6.45, 7) is 4.01. The van der Waals surface area contributed by atoms with Crippen LogP contribution in [0.2, 0.25) is 0 Å². The molecular formula is C23H29N3O2S. The third-order valence-corrected chi connectivity index (χ3v) is 6.99. The number of nitrogens with one attached hydrogen (secondary N) is 1. The van der Waals surface area contributed by atoms with E-state index in [1.807, 2.05) is 23.1 Å². The van der Waals surface area contributed by atoms with Gasteiger partial charge in [0.05, 0.1) is 12.0 Å².